The number of carbonyl (C=O) groups is 1. The fraction of sp³-hybridized carbons (Fsp3) is 0.357. The highest BCUT2D eigenvalue weighted by molar-refractivity contribution is 5.93. The van der Waals surface area contributed by atoms with E-state index in [1.54, 1.807) is 24.5 Å². The number of nitrogens with zero attached hydrogens (tertiary/aromatic N) is 4. The van der Waals surface area contributed by atoms with Crippen molar-refractivity contribution < 1.29 is 9.90 Å². The van der Waals surface area contributed by atoms with E-state index in [4.69, 9.17) is 0 Å². The molecule has 0 aromatic carbocycles. The van der Waals surface area contributed by atoms with Crippen LogP contribution in [0, 0.1) is 0 Å². The minimum absolute atomic E-state index is 0.135. The fourth-order valence-electron chi connectivity index (χ4n) is 2.83. The van der Waals surface area contributed by atoms with Crippen LogP contribution in [0.5, 0.6) is 0 Å². The van der Waals surface area contributed by atoms with Gasteiger partial charge in [0.15, 0.2) is 0 Å². The van der Waals surface area contributed by atoms with Gasteiger partial charge >= 0.3 is 5.97 Å². The average Bonchev–Trinajstić information content (AvgIpc) is 3.06. The van der Waals surface area contributed by atoms with Crippen LogP contribution in [0.1, 0.15) is 34.9 Å². The summed E-state index contributed by atoms with van der Waals surface area (Å²) in [5.41, 5.74) is 1.34. The smallest absolute Gasteiger partial charge is 0.339 e. The molecule has 104 valence electrons. The maximum atomic E-state index is 11.4. The molecule has 1 N–H and O–H groups in total. The molecule has 6 nitrogen and oxygen atoms in total. The predicted octanol–water partition coefficient (Wildman–Crippen LogP) is 1.85. The zero-order valence-corrected chi connectivity index (χ0v) is 11.2. The van der Waals surface area contributed by atoms with Crippen molar-refractivity contribution in [3.63, 3.8) is 0 Å². The van der Waals surface area contributed by atoms with Crippen molar-refractivity contribution in [3.8, 4) is 0 Å². The molecule has 0 spiro atoms. The van der Waals surface area contributed by atoms with Gasteiger partial charge in [-0.3, -0.25) is 4.68 Å². The number of pyridine rings is 1. The largest absolute Gasteiger partial charge is 0.478 e. The maximum Gasteiger partial charge on any atom is 0.339 e. The van der Waals surface area contributed by atoms with Gasteiger partial charge in [-0.15, -0.1) is 0 Å². The number of aromatic nitrogens is 3. The highest BCUT2D eigenvalue weighted by Gasteiger charge is 2.31. The Morgan fingerprint density at radius 1 is 1.40 bits per heavy atom. The monoisotopic (exact) mass is 272 g/mol. The summed E-state index contributed by atoms with van der Waals surface area (Å²) in [6, 6.07) is 5.37. The Labute approximate surface area is 116 Å². The Balaban J connectivity index is 2.01. The van der Waals surface area contributed by atoms with Crippen molar-refractivity contribution in [2.45, 2.75) is 18.9 Å². The SMILES string of the molecule is Cn1nccc1C1CCCN1c1ncccc1C(=O)O. The first kappa shape index (κ1) is 12.7. The van der Waals surface area contributed by atoms with E-state index in [0.29, 0.717) is 5.82 Å². The van der Waals surface area contributed by atoms with Crippen LogP contribution < -0.4 is 4.90 Å². The molecule has 1 unspecified atom stereocenters. The number of rotatable bonds is 3. The molecule has 2 aromatic heterocycles. The molecule has 0 saturated carbocycles. The van der Waals surface area contributed by atoms with Crippen molar-refractivity contribution in [1.82, 2.24) is 14.8 Å². The van der Waals surface area contributed by atoms with E-state index in [2.05, 4.69) is 15.0 Å². The van der Waals surface area contributed by atoms with Gasteiger partial charge in [0.2, 0.25) is 0 Å². The second kappa shape index (κ2) is 4.96. The lowest BCUT2D eigenvalue weighted by molar-refractivity contribution is 0.0697. The van der Waals surface area contributed by atoms with Gasteiger partial charge in [0.25, 0.3) is 0 Å². The van der Waals surface area contributed by atoms with Crippen molar-refractivity contribution in [2.24, 2.45) is 7.05 Å². The van der Waals surface area contributed by atoms with Gasteiger partial charge in [-0.25, -0.2) is 9.78 Å². The quantitative estimate of drug-likeness (QED) is 0.923. The summed E-state index contributed by atoms with van der Waals surface area (Å²) in [5.74, 6) is -0.396. The van der Waals surface area contributed by atoms with Gasteiger partial charge in [0.05, 0.1) is 11.7 Å². The van der Waals surface area contributed by atoms with E-state index in [9.17, 15) is 9.90 Å². The molecule has 1 saturated heterocycles. The number of anilines is 1. The number of aryl methyl sites for hydroxylation is 1. The average molecular weight is 272 g/mol. The molecule has 1 aliphatic rings. The highest BCUT2D eigenvalue weighted by Crippen LogP contribution is 2.36. The molecular formula is C14H16N4O2. The number of hydrogen-bond acceptors (Lipinski definition) is 4. The molecule has 3 heterocycles. The lowest BCUT2D eigenvalue weighted by Gasteiger charge is -2.26. The Kier molecular flexibility index (Phi) is 3.14. The summed E-state index contributed by atoms with van der Waals surface area (Å²) in [6.45, 7) is 0.813. The first-order valence-electron chi connectivity index (χ1n) is 6.61. The predicted molar refractivity (Wildman–Crippen MR) is 73.7 cm³/mol. The fourth-order valence-corrected chi connectivity index (χ4v) is 2.83. The van der Waals surface area contributed by atoms with Crippen LogP contribution in [0.4, 0.5) is 5.82 Å². The van der Waals surface area contributed by atoms with Crippen LogP contribution in [0.15, 0.2) is 30.6 Å². The molecule has 1 fully saturated rings. The third kappa shape index (κ3) is 2.03. The zero-order valence-electron chi connectivity index (χ0n) is 11.2. The molecule has 1 atom stereocenters. The molecule has 0 amide bonds. The van der Waals surface area contributed by atoms with Crippen molar-refractivity contribution in [3.05, 3.63) is 41.9 Å². The van der Waals surface area contributed by atoms with Crippen molar-refractivity contribution in [2.75, 3.05) is 11.4 Å². The standard InChI is InChI=1S/C14H16N4O2/c1-17-11(6-8-16-17)12-5-3-9-18(12)13-10(14(19)20)4-2-7-15-13/h2,4,6-8,12H,3,5,9H2,1H3,(H,19,20). The number of aromatic carboxylic acids is 1. The molecule has 3 rings (SSSR count). The highest BCUT2D eigenvalue weighted by atomic mass is 16.4. The summed E-state index contributed by atoms with van der Waals surface area (Å²) in [7, 11) is 1.91. The number of carboxylic acids is 1. The Bertz CT molecular complexity index is 638. The van der Waals surface area contributed by atoms with Crippen LogP contribution in [0.3, 0.4) is 0 Å². The Morgan fingerprint density at radius 3 is 2.95 bits per heavy atom. The summed E-state index contributed by atoms with van der Waals surface area (Å²) < 4.78 is 1.84. The second-order valence-corrected chi connectivity index (χ2v) is 4.91. The van der Waals surface area contributed by atoms with Crippen LogP contribution >= 0.6 is 0 Å². The summed E-state index contributed by atoms with van der Waals surface area (Å²) in [5, 5.41) is 13.5. The lowest BCUT2D eigenvalue weighted by Crippen LogP contribution is -2.27. The Hall–Kier alpha value is -2.37. The van der Waals surface area contributed by atoms with Gasteiger partial charge in [-0.05, 0) is 31.0 Å². The first-order valence-corrected chi connectivity index (χ1v) is 6.61. The topological polar surface area (TPSA) is 71.2 Å². The van der Waals surface area contributed by atoms with Crippen LogP contribution in [0.2, 0.25) is 0 Å². The molecule has 6 heteroatoms. The normalized spacial score (nSPS) is 18.4. The van der Waals surface area contributed by atoms with Gasteiger partial charge < -0.3 is 10.0 Å². The summed E-state index contributed by atoms with van der Waals surface area (Å²) in [6.07, 6.45) is 5.41. The molecule has 0 radical (unpaired) electrons. The number of hydrogen-bond donors (Lipinski definition) is 1. The molecule has 20 heavy (non-hydrogen) atoms. The van der Waals surface area contributed by atoms with E-state index in [-0.39, 0.29) is 11.6 Å². The van der Waals surface area contributed by atoms with Gasteiger partial charge in [-0.2, -0.15) is 5.10 Å². The summed E-state index contributed by atoms with van der Waals surface area (Å²) >= 11 is 0. The molecule has 1 aliphatic heterocycles. The summed E-state index contributed by atoms with van der Waals surface area (Å²) in [4.78, 5) is 17.7. The van der Waals surface area contributed by atoms with E-state index >= 15 is 0 Å². The lowest BCUT2D eigenvalue weighted by atomic mass is 10.1. The zero-order chi connectivity index (χ0) is 14.1. The van der Waals surface area contributed by atoms with E-state index in [0.717, 1.165) is 25.1 Å². The van der Waals surface area contributed by atoms with E-state index in [1.165, 1.54) is 0 Å². The van der Waals surface area contributed by atoms with Gasteiger partial charge in [0.1, 0.15) is 11.4 Å². The minimum atomic E-state index is -0.941. The van der Waals surface area contributed by atoms with Crippen LogP contribution in [-0.2, 0) is 7.05 Å². The third-order valence-electron chi connectivity index (χ3n) is 3.74. The van der Waals surface area contributed by atoms with Crippen molar-refractivity contribution >= 4 is 11.8 Å². The number of carboxylic acid groups (broad SMARTS) is 1. The van der Waals surface area contributed by atoms with Crippen molar-refractivity contribution in [1.29, 1.82) is 0 Å². The van der Waals surface area contributed by atoms with Crippen LogP contribution in [-0.4, -0.2) is 32.4 Å². The van der Waals surface area contributed by atoms with E-state index in [1.807, 2.05) is 17.8 Å². The van der Waals surface area contributed by atoms with Gasteiger partial charge in [0, 0.05) is 26.0 Å². The molecule has 0 bridgehead atoms. The molecule has 0 aliphatic carbocycles. The molecule has 2 aromatic rings. The third-order valence-corrected chi connectivity index (χ3v) is 3.74. The van der Waals surface area contributed by atoms with E-state index < -0.39 is 5.97 Å². The minimum Gasteiger partial charge on any atom is -0.478 e. The van der Waals surface area contributed by atoms with Crippen LogP contribution in [0.25, 0.3) is 0 Å². The first-order chi connectivity index (χ1) is 9.68. The second-order valence-electron chi connectivity index (χ2n) is 4.91. The molecular weight excluding hydrogens is 256 g/mol. The maximum absolute atomic E-state index is 11.4. The van der Waals surface area contributed by atoms with Gasteiger partial charge in [-0.1, -0.05) is 0 Å². The Morgan fingerprint density at radius 2 is 2.25 bits per heavy atom.